The lowest BCUT2D eigenvalue weighted by molar-refractivity contribution is -0.141. The largest absolute Gasteiger partial charge is 0.383 e. The number of fused-ring (bicyclic) bond motifs is 1. The fourth-order valence-corrected chi connectivity index (χ4v) is 2.67. The van der Waals surface area contributed by atoms with Crippen molar-refractivity contribution < 1.29 is 14.7 Å². The molecule has 0 bridgehead atoms. The molecule has 2 amide bonds. The van der Waals surface area contributed by atoms with Gasteiger partial charge in [0.05, 0.1) is 12.7 Å². The van der Waals surface area contributed by atoms with E-state index < -0.39 is 12.0 Å². The van der Waals surface area contributed by atoms with Crippen LogP contribution in [0, 0.1) is 0 Å². The average Bonchev–Trinajstić information content (AvgIpc) is 2.86. The van der Waals surface area contributed by atoms with E-state index >= 15 is 0 Å². The van der Waals surface area contributed by atoms with Crippen LogP contribution in [0.1, 0.15) is 22.7 Å². The molecule has 1 aromatic heterocycles. The van der Waals surface area contributed by atoms with E-state index in [-0.39, 0.29) is 5.91 Å². The van der Waals surface area contributed by atoms with E-state index in [2.05, 4.69) is 4.98 Å². The van der Waals surface area contributed by atoms with Gasteiger partial charge in [0.1, 0.15) is 17.6 Å². The summed E-state index contributed by atoms with van der Waals surface area (Å²) in [4.78, 5) is 29.0. The minimum Gasteiger partial charge on any atom is -0.383 e. The molecule has 1 aliphatic rings. The first kappa shape index (κ1) is 14.9. The molecule has 0 radical (unpaired) electrons. The minimum atomic E-state index is -0.973. The Kier molecular flexibility index (Phi) is 4.66. The summed E-state index contributed by atoms with van der Waals surface area (Å²) < 4.78 is 1.72. The molecule has 8 heteroatoms. The third-order valence-corrected chi connectivity index (χ3v) is 3.95. The third-order valence-electron chi connectivity index (χ3n) is 3.31. The van der Waals surface area contributed by atoms with E-state index in [4.69, 9.17) is 5.73 Å². The molecule has 1 atom stereocenters. The molecule has 3 N–H and O–H groups in total. The van der Waals surface area contributed by atoms with Crippen LogP contribution < -0.4 is 5.73 Å². The van der Waals surface area contributed by atoms with Crippen molar-refractivity contribution in [2.75, 3.05) is 18.6 Å². The normalized spacial score (nSPS) is 15.8. The maximum absolute atomic E-state index is 12.1. The van der Waals surface area contributed by atoms with Gasteiger partial charge in [-0.05, 0) is 18.4 Å². The van der Waals surface area contributed by atoms with Crippen molar-refractivity contribution in [3.8, 4) is 0 Å². The van der Waals surface area contributed by atoms with Gasteiger partial charge in [0.2, 0.25) is 0 Å². The standard InChI is InChI=1S/C12H18N4O3S/c1-20-5-2-9(17)12(19)15-3-4-16-8(11(13)18)6-14-10(16)7-15/h6,9,17H,2-5,7H2,1H3,(H2,13,18)/t9-/m1/s1. The average molecular weight is 298 g/mol. The van der Waals surface area contributed by atoms with Crippen molar-refractivity contribution in [1.82, 2.24) is 14.5 Å². The van der Waals surface area contributed by atoms with E-state index in [1.54, 1.807) is 21.2 Å². The number of amides is 2. The Balaban J connectivity index is 2.04. The zero-order valence-electron chi connectivity index (χ0n) is 11.3. The Hall–Kier alpha value is -1.54. The van der Waals surface area contributed by atoms with Crippen molar-refractivity contribution in [1.29, 1.82) is 0 Å². The molecule has 0 aromatic carbocycles. The van der Waals surface area contributed by atoms with Crippen molar-refractivity contribution in [3.63, 3.8) is 0 Å². The number of aliphatic hydroxyl groups excluding tert-OH is 1. The van der Waals surface area contributed by atoms with Crippen molar-refractivity contribution in [2.24, 2.45) is 5.73 Å². The second kappa shape index (κ2) is 6.27. The first-order valence-electron chi connectivity index (χ1n) is 6.34. The van der Waals surface area contributed by atoms with Gasteiger partial charge in [-0.3, -0.25) is 9.59 Å². The lowest BCUT2D eigenvalue weighted by Gasteiger charge is -2.29. The summed E-state index contributed by atoms with van der Waals surface area (Å²) in [6.45, 7) is 1.20. The monoisotopic (exact) mass is 298 g/mol. The lowest BCUT2D eigenvalue weighted by Crippen LogP contribution is -2.44. The molecule has 0 fully saturated rings. The number of nitrogens with two attached hydrogens (primary N) is 1. The highest BCUT2D eigenvalue weighted by atomic mass is 32.2. The number of nitrogens with zero attached hydrogens (tertiary/aromatic N) is 3. The maximum atomic E-state index is 12.1. The van der Waals surface area contributed by atoms with E-state index in [0.29, 0.717) is 37.6 Å². The Morgan fingerprint density at radius 1 is 1.55 bits per heavy atom. The first-order valence-corrected chi connectivity index (χ1v) is 7.74. The van der Waals surface area contributed by atoms with Crippen LogP contribution in [0.4, 0.5) is 0 Å². The van der Waals surface area contributed by atoms with E-state index in [1.807, 2.05) is 6.26 Å². The van der Waals surface area contributed by atoms with Gasteiger partial charge in [0.25, 0.3) is 11.8 Å². The van der Waals surface area contributed by atoms with Crippen LogP contribution in [0.3, 0.4) is 0 Å². The Morgan fingerprint density at radius 2 is 2.30 bits per heavy atom. The number of carbonyl (C=O) groups excluding carboxylic acids is 2. The highest BCUT2D eigenvalue weighted by Gasteiger charge is 2.28. The van der Waals surface area contributed by atoms with Gasteiger partial charge < -0.3 is 20.3 Å². The quantitative estimate of drug-likeness (QED) is 0.758. The van der Waals surface area contributed by atoms with Gasteiger partial charge in [-0.25, -0.2) is 4.98 Å². The number of carbonyl (C=O) groups is 2. The lowest BCUT2D eigenvalue weighted by atomic mass is 10.2. The van der Waals surface area contributed by atoms with E-state index in [1.165, 1.54) is 6.20 Å². The first-order chi connectivity index (χ1) is 9.54. The smallest absolute Gasteiger partial charge is 0.266 e. The molecule has 0 aliphatic carbocycles. The minimum absolute atomic E-state index is 0.283. The number of aromatic nitrogens is 2. The number of imidazole rings is 1. The van der Waals surface area contributed by atoms with Gasteiger partial charge in [0, 0.05) is 13.1 Å². The summed E-state index contributed by atoms with van der Waals surface area (Å²) in [5.74, 6) is 0.550. The number of hydrogen-bond donors (Lipinski definition) is 2. The molecule has 0 unspecified atom stereocenters. The second-order valence-electron chi connectivity index (χ2n) is 4.63. The molecule has 7 nitrogen and oxygen atoms in total. The highest BCUT2D eigenvalue weighted by molar-refractivity contribution is 7.98. The molecule has 2 heterocycles. The second-order valence-corrected chi connectivity index (χ2v) is 5.62. The third kappa shape index (κ3) is 2.96. The predicted octanol–water partition coefficient (Wildman–Crippen LogP) is -0.562. The van der Waals surface area contributed by atoms with Crippen LogP contribution >= 0.6 is 11.8 Å². The zero-order valence-corrected chi connectivity index (χ0v) is 12.1. The van der Waals surface area contributed by atoms with Gasteiger partial charge in [-0.1, -0.05) is 0 Å². The molecule has 1 aliphatic heterocycles. The van der Waals surface area contributed by atoms with Crippen LogP contribution in [-0.4, -0.2) is 56.0 Å². The fourth-order valence-electron chi connectivity index (χ4n) is 2.21. The Bertz CT molecular complexity index is 517. The number of thioether (sulfide) groups is 1. The molecule has 20 heavy (non-hydrogen) atoms. The highest BCUT2D eigenvalue weighted by Crippen LogP contribution is 2.16. The van der Waals surface area contributed by atoms with Gasteiger partial charge in [0.15, 0.2) is 0 Å². The molecule has 2 rings (SSSR count). The Labute approximate surface area is 121 Å². The summed E-state index contributed by atoms with van der Waals surface area (Å²) >= 11 is 1.59. The number of aliphatic hydroxyl groups is 1. The van der Waals surface area contributed by atoms with Crippen LogP contribution in [0.2, 0.25) is 0 Å². The zero-order chi connectivity index (χ0) is 14.7. The predicted molar refractivity (Wildman–Crippen MR) is 75.2 cm³/mol. The van der Waals surface area contributed by atoms with Crippen molar-refractivity contribution in [2.45, 2.75) is 25.6 Å². The van der Waals surface area contributed by atoms with E-state index in [0.717, 1.165) is 5.75 Å². The molecule has 1 aromatic rings. The number of hydrogen-bond acceptors (Lipinski definition) is 5. The molecule has 0 saturated heterocycles. The maximum Gasteiger partial charge on any atom is 0.266 e. The summed E-state index contributed by atoms with van der Waals surface area (Å²) in [7, 11) is 0. The van der Waals surface area contributed by atoms with Gasteiger partial charge >= 0.3 is 0 Å². The van der Waals surface area contributed by atoms with Crippen LogP contribution in [0.25, 0.3) is 0 Å². The molecular weight excluding hydrogens is 280 g/mol. The van der Waals surface area contributed by atoms with Crippen LogP contribution in [0.15, 0.2) is 6.20 Å². The summed E-state index contributed by atoms with van der Waals surface area (Å²) in [6, 6.07) is 0. The summed E-state index contributed by atoms with van der Waals surface area (Å²) in [5, 5.41) is 9.84. The topological polar surface area (TPSA) is 101 Å². The molecule has 0 spiro atoms. The fraction of sp³-hybridized carbons (Fsp3) is 0.583. The summed E-state index contributed by atoms with van der Waals surface area (Å²) in [5.41, 5.74) is 5.61. The Morgan fingerprint density at radius 3 is 2.95 bits per heavy atom. The van der Waals surface area contributed by atoms with E-state index in [9.17, 15) is 14.7 Å². The molecule has 0 saturated carbocycles. The number of primary amides is 1. The molecule has 110 valence electrons. The van der Waals surface area contributed by atoms with Gasteiger partial charge in [-0.15, -0.1) is 0 Å². The van der Waals surface area contributed by atoms with Gasteiger partial charge in [-0.2, -0.15) is 11.8 Å². The molecular formula is C12H18N4O3S. The van der Waals surface area contributed by atoms with Crippen molar-refractivity contribution >= 4 is 23.6 Å². The van der Waals surface area contributed by atoms with Crippen LogP contribution in [-0.2, 0) is 17.9 Å². The SMILES string of the molecule is CSCC[C@@H](O)C(=O)N1CCn2c(C(N)=O)cnc2C1. The number of rotatable bonds is 5. The van der Waals surface area contributed by atoms with Crippen LogP contribution in [0.5, 0.6) is 0 Å². The van der Waals surface area contributed by atoms with Crippen molar-refractivity contribution in [3.05, 3.63) is 17.7 Å². The summed E-state index contributed by atoms with van der Waals surface area (Å²) in [6.07, 6.45) is 2.83.